The van der Waals surface area contributed by atoms with Gasteiger partial charge in [0.25, 0.3) is 0 Å². The van der Waals surface area contributed by atoms with Gasteiger partial charge in [-0.2, -0.15) is 0 Å². The smallest absolute Gasteiger partial charge is 0.199 e. The third-order valence-electron chi connectivity index (χ3n) is 2.22. The van der Waals surface area contributed by atoms with Gasteiger partial charge in [-0.05, 0) is 12.0 Å². The molecule has 0 radical (unpaired) electrons. The fourth-order valence-corrected chi connectivity index (χ4v) is 2.56. The molecular weight excluding hydrogens is 208 g/mol. The van der Waals surface area contributed by atoms with Crippen molar-refractivity contribution in [1.29, 1.82) is 0 Å². The third kappa shape index (κ3) is 4.13. The zero-order valence-corrected chi connectivity index (χ0v) is 10.6. The molecule has 0 aromatic heterocycles. The fourth-order valence-electron chi connectivity index (χ4n) is 1.32. The van der Waals surface area contributed by atoms with Crippen LogP contribution in [0, 0.1) is 0 Å². The van der Waals surface area contributed by atoms with E-state index < -0.39 is 15.5 Å². The van der Waals surface area contributed by atoms with Crippen LogP contribution in [0.1, 0.15) is 24.6 Å². The highest BCUT2D eigenvalue weighted by atomic mass is 28.2. The van der Waals surface area contributed by atoms with Gasteiger partial charge in [-0.3, -0.25) is 0 Å². The molecule has 0 amide bonds. The minimum Gasteiger partial charge on any atom is -0.397 e. The number of hydrogen-bond donors (Lipinski definition) is 1. The normalized spacial score (nSPS) is 15.7. The molecule has 0 fully saturated rings. The first-order chi connectivity index (χ1) is 7.27. The first kappa shape index (κ1) is 12.4. The topological polar surface area (TPSA) is 38.7 Å². The van der Waals surface area contributed by atoms with Crippen molar-refractivity contribution in [1.82, 2.24) is 0 Å². The van der Waals surface area contributed by atoms with E-state index >= 15 is 0 Å². The molecule has 0 bridgehead atoms. The molecule has 0 aliphatic rings. The van der Waals surface area contributed by atoms with Crippen molar-refractivity contribution < 1.29 is 14.3 Å². The standard InChI is InChI=1S/C11H18O3Si/c1-3-10(13-2)14-15-11(12)9-7-5-4-6-8-9/h4-8,10-12H,3,15H2,1-2H3. The molecule has 2 atom stereocenters. The number of hydrogen-bond acceptors (Lipinski definition) is 3. The number of benzene rings is 1. The third-order valence-corrected chi connectivity index (χ3v) is 3.57. The van der Waals surface area contributed by atoms with E-state index in [2.05, 4.69) is 0 Å². The zero-order valence-electron chi connectivity index (χ0n) is 9.22. The van der Waals surface area contributed by atoms with Crippen LogP contribution < -0.4 is 0 Å². The second-order valence-corrected chi connectivity index (χ2v) is 4.77. The molecule has 1 rings (SSSR count). The van der Waals surface area contributed by atoms with Gasteiger partial charge in [0.2, 0.25) is 0 Å². The molecule has 2 unspecified atom stereocenters. The van der Waals surface area contributed by atoms with E-state index in [1.807, 2.05) is 37.3 Å². The highest BCUT2D eigenvalue weighted by molar-refractivity contribution is 6.29. The Kier molecular flexibility index (Phi) is 5.56. The summed E-state index contributed by atoms with van der Waals surface area (Å²) < 4.78 is 10.6. The monoisotopic (exact) mass is 226 g/mol. The van der Waals surface area contributed by atoms with Gasteiger partial charge in [0.05, 0.1) is 5.73 Å². The van der Waals surface area contributed by atoms with Crippen molar-refractivity contribution in [2.45, 2.75) is 25.4 Å². The minimum absolute atomic E-state index is 0.171. The number of methoxy groups -OCH3 is 1. The summed E-state index contributed by atoms with van der Waals surface area (Å²) in [6.45, 7) is 2.00. The fraction of sp³-hybridized carbons (Fsp3) is 0.455. The lowest BCUT2D eigenvalue weighted by molar-refractivity contribution is -0.0579. The summed E-state index contributed by atoms with van der Waals surface area (Å²) in [4.78, 5) is 0. The minimum atomic E-state index is -1.00. The van der Waals surface area contributed by atoms with E-state index in [9.17, 15) is 5.11 Å². The van der Waals surface area contributed by atoms with Crippen molar-refractivity contribution >= 4 is 9.76 Å². The van der Waals surface area contributed by atoms with Crippen molar-refractivity contribution in [3.05, 3.63) is 35.9 Å². The lowest BCUT2D eigenvalue weighted by atomic mass is 10.2. The van der Waals surface area contributed by atoms with Crippen LogP contribution in [0.2, 0.25) is 0 Å². The quantitative estimate of drug-likeness (QED) is 0.584. The molecule has 0 saturated heterocycles. The van der Waals surface area contributed by atoms with Crippen LogP contribution in [0.4, 0.5) is 0 Å². The largest absolute Gasteiger partial charge is 0.397 e. The van der Waals surface area contributed by atoms with E-state index in [0.29, 0.717) is 0 Å². The molecule has 0 aliphatic carbocycles. The molecule has 1 N–H and O–H groups in total. The van der Waals surface area contributed by atoms with Crippen molar-refractivity contribution in [3.8, 4) is 0 Å². The van der Waals surface area contributed by atoms with Gasteiger partial charge in [-0.1, -0.05) is 37.3 Å². The predicted molar refractivity (Wildman–Crippen MR) is 62.1 cm³/mol. The van der Waals surface area contributed by atoms with Gasteiger partial charge in [0, 0.05) is 7.11 Å². The number of aliphatic hydroxyl groups is 1. The highest BCUT2D eigenvalue weighted by Gasteiger charge is 2.11. The Labute approximate surface area is 93.0 Å². The summed E-state index contributed by atoms with van der Waals surface area (Å²) in [6, 6.07) is 9.59. The first-order valence-corrected chi connectivity index (χ1v) is 6.54. The van der Waals surface area contributed by atoms with Crippen molar-refractivity contribution in [3.63, 3.8) is 0 Å². The predicted octanol–water partition coefficient (Wildman–Crippen LogP) is 1.16. The molecule has 1 aromatic carbocycles. The molecular formula is C11H18O3Si. The Morgan fingerprint density at radius 2 is 2.00 bits per heavy atom. The van der Waals surface area contributed by atoms with Gasteiger partial charge >= 0.3 is 0 Å². The van der Waals surface area contributed by atoms with E-state index in [1.54, 1.807) is 7.11 Å². The molecule has 3 nitrogen and oxygen atoms in total. The van der Waals surface area contributed by atoms with Gasteiger partial charge in [0.1, 0.15) is 6.29 Å². The Morgan fingerprint density at radius 3 is 2.53 bits per heavy atom. The van der Waals surface area contributed by atoms with Crippen LogP contribution in [-0.4, -0.2) is 28.3 Å². The zero-order chi connectivity index (χ0) is 11.1. The van der Waals surface area contributed by atoms with Gasteiger partial charge in [0.15, 0.2) is 9.76 Å². The Hall–Kier alpha value is -0.683. The summed E-state index contributed by atoms with van der Waals surface area (Å²) in [7, 11) is 0.621. The Balaban J connectivity index is 2.39. The second kappa shape index (κ2) is 6.74. The molecule has 0 saturated carbocycles. The average molecular weight is 226 g/mol. The lowest BCUT2D eigenvalue weighted by Gasteiger charge is -2.17. The van der Waals surface area contributed by atoms with Crippen LogP contribution >= 0.6 is 0 Å². The maximum absolute atomic E-state index is 9.84. The van der Waals surface area contributed by atoms with E-state index in [0.717, 1.165) is 12.0 Å². The summed E-state index contributed by atoms with van der Waals surface area (Å²) >= 11 is 0. The maximum atomic E-state index is 9.84. The van der Waals surface area contributed by atoms with Crippen molar-refractivity contribution in [2.24, 2.45) is 0 Å². The summed E-state index contributed by atoms with van der Waals surface area (Å²) in [6.07, 6.45) is 0.639. The van der Waals surface area contributed by atoms with Crippen LogP contribution in [-0.2, 0) is 9.16 Å². The van der Waals surface area contributed by atoms with Crippen molar-refractivity contribution in [2.75, 3.05) is 7.11 Å². The van der Waals surface area contributed by atoms with Crippen LogP contribution in [0.25, 0.3) is 0 Å². The molecule has 4 heteroatoms. The molecule has 0 spiro atoms. The SMILES string of the molecule is CCC(OC)O[SiH2]C(O)c1ccccc1. The Morgan fingerprint density at radius 1 is 1.33 bits per heavy atom. The number of aliphatic hydroxyl groups excluding tert-OH is 1. The Bertz CT molecular complexity index is 262. The molecule has 15 heavy (non-hydrogen) atoms. The maximum Gasteiger partial charge on any atom is 0.199 e. The molecule has 0 heterocycles. The second-order valence-electron chi connectivity index (χ2n) is 3.33. The average Bonchev–Trinajstić information content (AvgIpc) is 2.31. The van der Waals surface area contributed by atoms with E-state index in [4.69, 9.17) is 9.16 Å². The van der Waals surface area contributed by atoms with Crippen LogP contribution in [0.3, 0.4) is 0 Å². The molecule has 1 aromatic rings. The summed E-state index contributed by atoms with van der Waals surface area (Å²) in [5, 5.41) is 9.84. The van der Waals surface area contributed by atoms with Gasteiger partial charge in [-0.15, -0.1) is 0 Å². The lowest BCUT2D eigenvalue weighted by Crippen LogP contribution is -2.21. The van der Waals surface area contributed by atoms with Crippen LogP contribution in [0.15, 0.2) is 30.3 Å². The first-order valence-electron chi connectivity index (χ1n) is 5.15. The number of ether oxygens (including phenoxy) is 1. The van der Waals surface area contributed by atoms with Crippen LogP contribution in [0.5, 0.6) is 0 Å². The van der Waals surface area contributed by atoms with E-state index in [1.165, 1.54) is 0 Å². The van der Waals surface area contributed by atoms with Gasteiger partial charge < -0.3 is 14.3 Å². The van der Waals surface area contributed by atoms with Gasteiger partial charge in [-0.25, -0.2) is 0 Å². The summed E-state index contributed by atoms with van der Waals surface area (Å²) in [5.41, 5.74) is 0.477. The highest BCUT2D eigenvalue weighted by Crippen LogP contribution is 2.11. The van der Waals surface area contributed by atoms with E-state index in [-0.39, 0.29) is 6.29 Å². The summed E-state index contributed by atoms with van der Waals surface area (Å²) in [5.74, 6) is 0. The molecule has 0 aliphatic heterocycles. The molecule has 84 valence electrons. The number of rotatable bonds is 6.